The highest BCUT2D eigenvalue weighted by Gasteiger charge is 2.57. The van der Waals surface area contributed by atoms with Gasteiger partial charge in [0.2, 0.25) is 10.0 Å². The first-order valence-electron chi connectivity index (χ1n) is 11.6. The fraction of sp³-hybridized carbons (Fsp3) is 0.520. The molecule has 2 aliphatic heterocycles. The lowest BCUT2D eigenvalue weighted by atomic mass is 9.64. The van der Waals surface area contributed by atoms with Crippen LogP contribution in [0.3, 0.4) is 0 Å². The van der Waals surface area contributed by atoms with Crippen molar-refractivity contribution in [2.45, 2.75) is 69.2 Å². The van der Waals surface area contributed by atoms with Crippen molar-refractivity contribution in [1.29, 1.82) is 0 Å². The highest BCUT2D eigenvalue weighted by molar-refractivity contribution is 7.89. The third kappa shape index (κ3) is 3.64. The monoisotopic (exact) mass is 488 g/mol. The quantitative estimate of drug-likeness (QED) is 0.580. The maximum atomic E-state index is 13.5. The predicted octanol–water partition coefficient (Wildman–Crippen LogP) is 4.99. The molecule has 6 atom stereocenters. The summed E-state index contributed by atoms with van der Waals surface area (Å²) in [6, 6.07) is 6.92. The fourth-order valence-electron chi connectivity index (χ4n) is 6.22. The molecule has 0 radical (unpaired) electrons. The van der Waals surface area contributed by atoms with Crippen LogP contribution in [0.25, 0.3) is 0 Å². The van der Waals surface area contributed by atoms with Crippen LogP contribution in [-0.4, -0.2) is 26.7 Å². The largest absolute Gasteiger partial charge is 0.466 e. The minimum Gasteiger partial charge on any atom is -0.466 e. The minimum absolute atomic E-state index is 0.0191. The molecule has 3 heterocycles. The molecule has 0 spiro atoms. The second-order valence-corrected chi connectivity index (χ2v) is 12.9. The number of furan rings is 1. The van der Waals surface area contributed by atoms with Crippen molar-refractivity contribution in [3.63, 3.8) is 0 Å². The van der Waals surface area contributed by atoms with E-state index in [0.29, 0.717) is 16.6 Å². The molecule has 2 bridgehead atoms. The van der Waals surface area contributed by atoms with Gasteiger partial charge in [0.05, 0.1) is 23.9 Å². The van der Waals surface area contributed by atoms with Crippen LogP contribution in [0.15, 0.2) is 45.7 Å². The van der Waals surface area contributed by atoms with Gasteiger partial charge in [0, 0.05) is 29.0 Å². The van der Waals surface area contributed by atoms with E-state index >= 15 is 0 Å². The predicted molar refractivity (Wildman–Crippen MR) is 127 cm³/mol. The molecule has 2 N–H and O–H groups in total. The lowest BCUT2D eigenvalue weighted by Crippen LogP contribution is -2.55. The highest BCUT2D eigenvalue weighted by atomic mass is 35.5. The number of anilines is 1. The average molecular weight is 489 g/mol. The summed E-state index contributed by atoms with van der Waals surface area (Å²) in [7, 11) is -3.78. The van der Waals surface area contributed by atoms with Gasteiger partial charge in [-0.05, 0) is 55.4 Å². The van der Waals surface area contributed by atoms with Crippen molar-refractivity contribution < 1.29 is 17.6 Å². The topological polar surface area (TPSA) is 80.6 Å². The molecule has 1 aromatic heterocycles. The summed E-state index contributed by atoms with van der Waals surface area (Å²) < 4.78 is 41.9. The van der Waals surface area contributed by atoms with Crippen LogP contribution in [0.1, 0.15) is 49.8 Å². The Bertz CT molecular complexity index is 1250. The number of hydrogen-bond acceptors (Lipinski definition) is 5. The van der Waals surface area contributed by atoms with Gasteiger partial charge in [-0.25, -0.2) is 13.1 Å². The molecule has 0 amide bonds. The van der Waals surface area contributed by atoms with E-state index in [4.69, 9.17) is 20.8 Å². The fourth-order valence-corrected chi connectivity index (χ4v) is 7.93. The molecular formula is C25H29ClN2O4S. The highest BCUT2D eigenvalue weighted by Crippen LogP contribution is 2.52. The average Bonchev–Trinajstić information content (AvgIpc) is 3.38. The molecule has 1 saturated carbocycles. The van der Waals surface area contributed by atoms with Crippen LogP contribution in [0, 0.1) is 24.2 Å². The van der Waals surface area contributed by atoms with Crippen molar-refractivity contribution in [1.82, 2.24) is 4.72 Å². The molecule has 2 aromatic rings. The molecular weight excluding hydrogens is 460 g/mol. The minimum atomic E-state index is -3.78. The SMILES string of the molecule is Cc1cc2c(o1)CC(C)(C)CC2Nc1ccc(Cl)cc1S(=O)(=O)N[C@@H]1C[C@@H]2[C@H]1[C@H]1C=C[C@@H]2O1. The van der Waals surface area contributed by atoms with E-state index in [1.165, 1.54) is 6.07 Å². The van der Waals surface area contributed by atoms with Crippen LogP contribution in [0.5, 0.6) is 0 Å². The first-order chi connectivity index (χ1) is 15.6. The van der Waals surface area contributed by atoms with E-state index in [1.54, 1.807) is 12.1 Å². The molecule has 4 aliphatic rings. The smallest absolute Gasteiger partial charge is 0.242 e. The Morgan fingerprint density at radius 3 is 2.73 bits per heavy atom. The number of halogens is 1. The van der Waals surface area contributed by atoms with Gasteiger partial charge in [0.25, 0.3) is 0 Å². The van der Waals surface area contributed by atoms with Crippen molar-refractivity contribution in [3.8, 4) is 0 Å². The number of ether oxygens (including phenoxy) is 1. The van der Waals surface area contributed by atoms with Crippen molar-refractivity contribution in [2.24, 2.45) is 17.3 Å². The van der Waals surface area contributed by atoms with E-state index < -0.39 is 10.0 Å². The van der Waals surface area contributed by atoms with E-state index in [2.05, 4.69) is 42.1 Å². The molecule has 8 heteroatoms. The van der Waals surface area contributed by atoms with Gasteiger partial charge >= 0.3 is 0 Å². The Labute approximate surface area is 199 Å². The van der Waals surface area contributed by atoms with Gasteiger partial charge in [0.1, 0.15) is 16.4 Å². The van der Waals surface area contributed by atoms with Crippen LogP contribution in [0.2, 0.25) is 5.02 Å². The third-order valence-electron chi connectivity index (χ3n) is 7.70. The summed E-state index contributed by atoms with van der Waals surface area (Å²) in [6.07, 6.45) is 6.86. The molecule has 1 aromatic carbocycles. The Morgan fingerprint density at radius 1 is 1.15 bits per heavy atom. The Hall–Kier alpha value is -1.80. The standard InChI is InChI=1S/C25H29ClN2O4S/c1-13-8-15-19(11-25(2,3)12-22(15)31-13)27-17-5-4-14(26)9-23(17)33(29,30)28-18-10-16-20-6-7-21(32-20)24(16)18/h4-9,16,18-21,24,27-28H,10-12H2,1-3H3/t16-,18+,19?,20-,21+,24+/m0/s1. The summed E-state index contributed by atoms with van der Waals surface area (Å²) in [5.41, 5.74) is 1.69. The molecule has 2 fully saturated rings. The number of aryl methyl sites for hydroxylation is 1. The Balaban J connectivity index is 1.29. The molecule has 176 valence electrons. The molecule has 1 unspecified atom stereocenters. The van der Waals surface area contributed by atoms with Gasteiger partial charge in [0.15, 0.2) is 0 Å². The zero-order valence-corrected chi connectivity index (χ0v) is 20.5. The second-order valence-electron chi connectivity index (χ2n) is 10.8. The maximum Gasteiger partial charge on any atom is 0.242 e. The van der Waals surface area contributed by atoms with E-state index in [1.807, 2.05) is 6.92 Å². The third-order valence-corrected chi connectivity index (χ3v) is 9.46. The van der Waals surface area contributed by atoms with Crippen molar-refractivity contribution in [2.75, 3.05) is 5.32 Å². The van der Waals surface area contributed by atoms with E-state index in [0.717, 1.165) is 36.3 Å². The van der Waals surface area contributed by atoms with Crippen LogP contribution in [-0.2, 0) is 21.2 Å². The summed E-state index contributed by atoms with van der Waals surface area (Å²) in [4.78, 5) is 0.184. The number of sulfonamides is 1. The first kappa shape index (κ1) is 21.7. The normalized spacial score (nSPS) is 33.5. The number of fused-ring (bicyclic) bond motifs is 6. The Morgan fingerprint density at radius 2 is 1.94 bits per heavy atom. The van der Waals surface area contributed by atoms with Crippen LogP contribution in [0.4, 0.5) is 5.69 Å². The summed E-state index contributed by atoms with van der Waals surface area (Å²) >= 11 is 6.26. The number of benzene rings is 1. The van der Waals surface area contributed by atoms with Gasteiger partial charge in [-0.2, -0.15) is 0 Å². The van der Waals surface area contributed by atoms with Gasteiger partial charge < -0.3 is 14.5 Å². The zero-order chi connectivity index (χ0) is 23.1. The lowest BCUT2D eigenvalue weighted by molar-refractivity contribution is 0.108. The molecule has 2 aliphatic carbocycles. The summed E-state index contributed by atoms with van der Waals surface area (Å²) in [6.45, 7) is 6.37. The second kappa shape index (κ2) is 7.35. The summed E-state index contributed by atoms with van der Waals surface area (Å²) in [5, 5.41) is 3.91. The maximum absolute atomic E-state index is 13.5. The number of rotatable bonds is 5. The van der Waals surface area contributed by atoms with Crippen molar-refractivity contribution >= 4 is 27.3 Å². The van der Waals surface area contributed by atoms with E-state index in [9.17, 15) is 8.42 Å². The Kier molecular flexibility index (Phi) is 4.83. The van der Waals surface area contributed by atoms with Crippen LogP contribution < -0.4 is 10.0 Å². The van der Waals surface area contributed by atoms with Gasteiger partial charge in [-0.3, -0.25) is 0 Å². The lowest BCUT2D eigenvalue weighted by Gasteiger charge is -2.43. The van der Waals surface area contributed by atoms with E-state index in [-0.39, 0.29) is 40.5 Å². The van der Waals surface area contributed by atoms with Gasteiger partial charge in [-0.15, -0.1) is 0 Å². The molecule has 6 rings (SSSR count). The van der Waals surface area contributed by atoms with Gasteiger partial charge in [-0.1, -0.05) is 37.6 Å². The number of hydrogen-bond donors (Lipinski definition) is 2. The summed E-state index contributed by atoms with van der Waals surface area (Å²) in [5.74, 6) is 2.47. The molecule has 1 saturated heterocycles. The molecule has 6 nitrogen and oxygen atoms in total. The van der Waals surface area contributed by atoms with Crippen LogP contribution >= 0.6 is 11.6 Å². The molecule has 33 heavy (non-hydrogen) atoms. The number of nitrogens with one attached hydrogen (secondary N) is 2. The van der Waals surface area contributed by atoms with Crippen molar-refractivity contribution in [3.05, 3.63) is 58.5 Å². The first-order valence-corrected chi connectivity index (χ1v) is 13.5. The zero-order valence-electron chi connectivity index (χ0n) is 19.0.